The van der Waals surface area contributed by atoms with Gasteiger partial charge in [-0.2, -0.15) is 0 Å². The van der Waals surface area contributed by atoms with Crippen LogP contribution in [0.4, 0.5) is 9.59 Å². The molecule has 2 heterocycles. The lowest BCUT2D eigenvalue weighted by atomic mass is 9.85. The van der Waals surface area contributed by atoms with Gasteiger partial charge in [0.25, 0.3) is 0 Å². The molecule has 7 nitrogen and oxygen atoms in total. The molecule has 2 aromatic carbocycles. The molecule has 2 unspecified atom stereocenters. The highest BCUT2D eigenvalue weighted by atomic mass is 16.6. The normalized spacial score (nSPS) is 23.3. The lowest BCUT2D eigenvalue weighted by Crippen LogP contribution is -2.60. The van der Waals surface area contributed by atoms with Crippen molar-refractivity contribution in [2.75, 3.05) is 26.4 Å². The van der Waals surface area contributed by atoms with Crippen LogP contribution in [-0.4, -0.2) is 61.1 Å². The molecule has 2 aliphatic heterocycles. The Bertz CT molecular complexity index is 1040. The number of hydrogen-bond donors (Lipinski definition) is 1. The largest absolute Gasteiger partial charge is 0.448 e. The number of alkyl carbamates (subject to hydrolysis) is 1. The predicted octanol–water partition coefficient (Wildman–Crippen LogP) is 4.94. The molecular weight excluding hydrogens is 444 g/mol. The molecule has 0 radical (unpaired) electrons. The highest BCUT2D eigenvalue weighted by Crippen LogP contribution is 2.44. The summed E-state index contributed by atoms with van der Waals surface area (Å²) in [6.45, 7) is 7.37. The second-order valence-corrected chi connectivity index (χ2v) is 10.8. The van der Waals surface area contributed by atoms with Gasteiger partial charge in [0.15, 0.2) is 0 Å². The molecule has 0 saturated carbocycles. The lowest BCUT2D eigenvalue weighted by molar-refractivity contribution is -0.0784. The average molecular weight is 479 g/mol. The van der Waals surface area contributed by atoms with E-state index in [-0.39, 0.29) is 30.0 Å². The molecule has 7 heteroatoms. The Kier molecular flexibility index (Phi) is 6.45. The van der Waals surface area contributed by atoms with E-state index >= 15 is 0 Å². The number of carbonyl (C=O) groups excluding carboxylic acids is 2. The van der Waals surface area contributed by atoms with Crippen LogP contribution in [0.2, 0.25) is 0 Å². The van der Waals surface area contributed by atoms with Gasteiger partial charge in [-0.05, 0) is 61.8 Å². The number of benzene rings is 2. The third-order valence-electron chi connectivity index (χ3n) is 7.10. The van der Waals surface area contributed by atoms with Crippen molar-refractivity contribution in [2.24, 2.45) is 5.92 Å². The van der Waals surface area contributed by atoms with Crippen molar-refractivity contribution in [3.8, 4) is 11.1 Å². The standard InChI is InChI=1S/C28H34N2O5/c1-28(2,3)35-26(31)29-14-18-12-19-15-33-16-20(13-18)30(19)27(32)34-17-25-23-10-6-4-8-21(23)22-9-5-7-11-24(22)25/h4-11,18-20,25H,12-17H2,1-3H3,(H,29,31). The van der Waals surface area contributed by atoms with Crippen LogP contribution in [0.3, 0.4) is 0 Å². The summed E-state index contributed by atoms with van der Waals surface area (Å²) in [5, 5.41) is 2.89. The Balaban J connectivity index is 1.21. The van der Waals surface area contributed by atoms with Crippen LogP contribution in [0, 0.1) is 5.92 Å². The highest BCUT2D eigenvalue weighted by Gasteiger charge is 2.43. The van der Waals surface area contributed by atoms with Crippen molar-refractivity contribution in [1.29, 1.82) is 0 Å². The second-order valence-electron chi connectivity index (χ2n) is 10.8. The van der Waals surface area contributed by atoms with Gasteiger partial charge in [-0.1, -0.05) is 48.5 Å². The Morgan fingerprint density at radius 1 is 0.971 bits per heavy atom. The molecule has 2 aromatic rings. The first-order chi connectivity index (χ1) is 16.8. The van der Waals surface area contributed by atoms with Crippen molar-refractivity contribution in [3.63, 3.8) is 0 Å². The van der Waals surface area contributed by atoms with Crippen LogP contribution in [-0.2, 0) is 14.2 Å². The maximum atomic E-state index is 13.3. The first kappa shape index (κ1) is 23.7. The van der Waals surface area contributed by atoms with Crippen LogP contribution >= 0.6 is 0 Å². The van der Waals surface area contributed by atoms with Crippen molar-refractivity contribution in [2.45, 2.75) is 57.2 Å². The molecule has 2 bridgehead atoms. The fourth-order valence-corrected chi connectivity index (χ4v) is 5.70. The van der Waals surface area contributed by atoms with E-state index in [1.54, 1.807) is 0 Å². The van der Waals surface area contributed by atoms with Crippen molar-refractivity contribution in [1.82, 2.24) is 10.2 Å². The minimum absolute atomic E-state index is 0.0398. The number of fused-ring (bicyclic) bond motifs is 5. The SMILES string of the molecule is CC(C)(C)OC(=O)NCC1CC2COCC(C1)N2C(=O)OCC1c2ccccc2-c2ccccc21. The maximum absolute atomic E-state index is 13.3. The molecule has 2 amide bonds. The molecule has 2 fully saturated rings. The van der Waals surface area contributed by atoms with Crippen LogP contribution in [0.15, 0.2) is 48.5 Å². The van der Waals surface area contributed by atoms with E-state index in [2.05, 4.69) is 29.6 Å². The molecule has 35 heavy (non-hydrogen) atoms. The first-order valence-corrected chi connectivity index (χ1v) is 12.5. The Labute approximate surface area is 206 Å². The highest BCUT2D eigenvalue weighted by molar-refractivity contribution is 5.79. The smallest absolute Gasteiger partial charge is 0.410 e. The van der Waals surface area contributed by atoms with E-state index < -0.39 is 11.7 Å². The quantitative estimate of drug-likeness (QED) is 0.674. The van der Waals surface area contributed by atoms with Crippen LogP contribution in [0.1, 0.15) is 50.7 Å². The summed E-state index contributed by atoms with van der Waals surface area (Å²) in [5.41, 5.74) is 4.32. The van der Waals surface area contributed by atoms with Crippen LogP contribution in [0.25, 0.3) is 11.1 Å². The number of carbonyl (C=O) groups is 2. The third-order valence-corrected chi connectivity index (χ3v) is 7.10. The molecule has 5 rings (SSSR count). The predicted molar refractivity (Wildman–Crippen MR) is 132 cm³/mol. The number of hydrogen-bond acceptors (Lipinski definition) is 5. The fraction of sp³-hybridized carbons (Fsp3) is 0.500. The lowest BCUT2D eigenvalue weighted by Gasteiger charge is -2.47. The van der Waals surface area contributed by atoms with Gasteiger partial charge in [-0.25, -0.2) is 9.59 Å². The van der Waals surface area contributed by atoms with E-state index in [9.17, 15) is 9.59 Å². The number of ether oxygens (including phenoxy) is 3. The van der Waals surface area contributed by atoms with Gasteiger partial charge < -0.3 is 19.5 Å². The molecule has 1 N–H and O–H groups in total. The summed E-state index contributed by atoms with van der Waals surface area (Å²) >= 11 is 0. The zero-order valence-electron chi connectivity index (χ0n) is 20.7. The summed E-state index contributed by atoms with van der Waals surface area (Å²) in [6.07, 6.45) is 0.842. The van der Waals surface area contributed by atoms with Gasteiger partial charge in [0.05, 0.1) is 25.3 Å². The molecule has 0 aromatic heterocycles. The van der Waals surface area contributed by atoms with Gasteiger partial charge in [-0.15, -0.1) is 0 Å². The van der Waals surface area contributed by atoms with E-state index in [0.717, 1.165) is 12.8 Å². The topological polar surface area (TPSA) is 77.1 Å². The number of piperidine rings is 1. The second kappa shape index (κ2) is 9.53. The Morgan fingerprint density at radius 2 is 1.54 bits per heavy atom. The van der Waals surface area contributed by atoms with E-state index in [0.29, 0.717) is 26.4 Å². The summed E-state index contributed by atoms with van der Waals surface area (Å²) in [6, 6.07) is 16.6. The molecule has 2 saturated heterocycles. The minimum Gasteiger partial charge on any atom is -0.448 e. The Hall–Kier alpha value is -3.06. The van der Waals surface area contributed by atoms with Gasteiger partial charge in [0, 0.05) is 12.5 Å². The summed E-state index contributed by atoms with van der Waals surface area (Å²) in [7, 11) is 0. The minimum atomic E-state index is -0.526. The van der Waals surface area contributed by atoms with Gasteiger partial charge in [-0.3, -0.25) is 4.90 Å². The van der Waals surface area contributed by atoms with Gasteiger partial charge >= 0.3 is 12.2 Å². The zero-order valence-corrected chi connectivity index (χ0v) is 20.7. The van der Waals surface area contributed by atoms with Crippen molar-refractivity contribution >= 4 is 12.2 Å². The third kappa shape index (κ3) is 5.01. The van der Waals surface area contributed by atoms with E-state index in [1.165, 1.54) is 22.3 Å². The average Bonchev–Trinajstić information content (AvgIpc) is 3.13. The molecule has 186 valence electrons. The summed E-state index contributed by atoms with van der Waals surface area (Å²) in [4.78, 5) is 27.2. The van der Waals surface area contributed by atoms with Gasteiger partial charge in [0.2, 0.25) is 0 Å². The van der Waals surface area contributed by atoms with Crippen molar-refractivity contribution < 1.29 is 23.8 Å². The summed E-state index contributed by atoms with van der Waals surface area (Å²) < 4.78 is 17.1. The number of nitrogens with one attached hydrogen (secondary N) is 1. The van der Waals surface area contributed by atoms with E-state index in [4.69, 9.17) is 14.2 Å². The zero-order chi connectivity index (χ0) is 24.6. The van der Waals surface area contributed by atoms with Crippen LogP contribution in [0.5, 0.6) is 0 Å². The van der Waals surface area contributed by atoms with E-state index in [1.807, 2.05) is 49.9 Å². The maximum Gasteiger partial charge on any atom is 0.410 e. The first-order valence-electron chi connectivity index (χ1n) is 12.5. The van der Waals surface area contributed by atoms with Gasteiger partial charge in [0.1, 0.15) is 12.2 Å². The fourth-order valence-electron chi connectivity index (χ4n) is 5.70. The number of amides is 2. The number of rotatable bonds is 4. The number of morpholine rings is 1. The summed E-state index contributed by atoms with van der Waals surface area (Å²) in [5.74, 6) is 0.303. The molecule has 1 aliphatic carbocycles. The number of nitrogens with zero attached hydrogens (tertiary/aromatic N) is 1. The molecule has 2 atom stereocenters. The van der Waals surface area contributed by atoms with Crippen molar-refractivity contribution in [3.05, 3.63) is 59.7 Å². The Morgan fingerprint density at radius 3 is 2.11 bits per heavy atom. The monoisotopic (exact) mass is 478 g/mol. The van der Waals surface area contributed by atoms with Crippen LogP contribution < -0.4 is 5.32 Å². The molecule has 3 aliphatic rings. The molecular formula is C28H34N2O5. The molecule has 0 spiro atoms.